The Morgan fingerprint density at radius 1 is 1.31 bits per heavy atom. The fraction of sp³-hybridized carbons (Fsp3) is 0.667. The van der Waals surface area contributed by atoms with E-state index in [9.17, 15) is 22.8 Å². The highest BCUT2D eigenvalue weighted by atomic mass is 19.4. The first kappa shape index (κ1) is 11.9. The lowest BCUT2D eigenvalue weighted by molar-refractivity contribution is -0.212. The first-order valence-electron chi connectivity index (χ1n) is 3.17. The smallest absolute Gasteiger partial charge is 0.430 e. The number of carbonyl (C=O) groups excluding carboxylic acids is 2. The molecule has 0 amide bonds. The van der Waals surface area contributed by atoms with Crippen LogP contribution in [0.1, 0.15) is 13.8 Å². The zero-order valence-corrected chi connectivity index (χ0v) is 6.94. The molecule has 0 spiro atoms. The largest absolute Gasteiger partial charge is 0.491 e. The predicted octanol–water partition coefficient (Wildman–Crippen LogP) is 0.356. The van der Waals surface area contributed by atoms with E-state index in [2.05, 4.69) is 4.74 Å². The lowest BCUT2D eigenvalue weighted by Gasteiger charge is -2.21. The van der Waals surface area contributed by atoms with Crippen LogP contribution in [0, 0.1) is 0 Å². The maximum absolute atomic E-state index is 11.6. The number of esters is 1. The molecule has 0 aromatic carbocycles. The van der Waals surface area contributed by atoms with Crippen LogP contribution in [0.2, 0.25) is 0 Å². The van der Waals surface area contributed by atoms with E-state index in [4.69, 9.17) is 5.73 Å². The van der Waals surface area contributed by atoms with Crippen molar-refractivity contribution in [2.24, 2.45) is 5.73 Å². The molecule has 4 nitrogen and oxygen atoms in total. The number of ether oxygens (including phenoxy) is 1. The van der Waals surface area contributed by atoms with Crippen molar-refractivity contribution in [3.8, 4) is 0 Å². The Morgan fingerprint density at radius 3 is 1.92 bits per heavy atom. The van der Waals surface area contributed by atoms with Gasteiger partial charge in [0.1, 0.15) is 0 Å². The quantitative estimate of drug-likeness (QED) is 0.514. The van der Waals surface area contributed by atoms with Crippen molar-refractivity contribution in [1.29, 1.82) is 0 Å². The molecule has 1 unspecified atom stereocenters. The fourth-order valence-corrected chi connectivity index (χ4v) is 0.322. The number of Topliss-reactive ketones (excluding diaryl/α,β-unsaturated/α-hetero) is 1. The number of alkyl halides is 3. The van der Waals surface area contributed by atoms with Crippen LogP contribution in [-0.2, 0) is 14.3 Å². The highest BCUT2D eigenvalue weighted by Gasteiger charge is 2.45. The molecule has 0 fully saturated rings. The van der Waals surface area contributed by atoms with Crippen molar-refractivity contribution in [3.05, 3.63) is 0 Å². The number of hydrogen-bond acceptors (Lipinski definition) is 4. The summed E-state index contributed by atoms with van der Waals surface area (Å²) in [5.41, 5.74) is 2.73. The van der Waals surface area contributed by atoms with Gasteiger partial charge >= 0.3 is 12.1 Å². The van der Waals surface area contributed by atoms with Crippen LogP contribution in [0.15, 0.2) is 0 Å². The Bertz CT molecular complexity index is 234. The van der Waals surface area contributed by atoms with Crippen molar-refractivity contribution < 1.29 is 27.5 Å². The molecule has 13 heavy (non-hydrogen) atoms. The molecule has 0 radical (unpaired) electrons. The fourth-order valence-electron chi connectivity index (χ4n) is 0.322. The summed E-state index contributed by atoms with van der Waals surface area (Å²) >= 11 is 0. The van der Waals surface area contributed by atoms with E-state index in [-0.39, 0.29) is 0 Å². The Labute approximate surface area is 71.8 Å². The molecule has 0 heterocycles. The van der Waals surface area contributed by atoms with Crippen LogP contribution in [-0.4, -0.2) is 23.7 Å². The zero-order valence-electron chi connectivity index (χ0n) is 6.94. The molecule has 76 valence electrons. The lowest BCUT2D eigenvalue weighted by Crippen LogP contribution is -2.50. The number of carbonyl (C=O) groups is 2. The Kier molecular flexibility index (Phi) is 3.04. The molecule has 0 saturated heterocycles. The minimum atomic E-state index is -5.14. The van der Waals surface area contributed by atoms with Gasteiger partial charge in [0, 0.05) is 6.92 Å². The maximum atomic E-state index is 11.6. The molecular weight excluding hydrogens is 191 g/mol. The van der Waals surface area contributed by atoms with Crippen molar-refractivity contribution in [3.63, 3.8) is 0 Å². The van der Waals surface area contributed by atoms with Gasteiger partial charge in [-0.1, -0.05) is 0 Å². The van der Waals surface area contributed by atoms with Gasteiger partial charge in [0.2, 0.25) is 5.72 Å². The lowest BCUT2D eigenvalue weighted by atomic mass is 10.2. The van der Waals surface area contributed by atoms with Crippen LogP contribution >= 0.6 is 0 Å². The van der Waals surface area contributed by atoms with E-state index in [1.54, 1.807) is 0 Å². The third-order valence-electron chi connectivity index (χ3n) is 1.24. The topological polar surface area (TPSA) is 69.4 Å². The van der Waals surface area contributed by atoms with E-state index in [1.165, 1.54) is 0 Å². The zero-order chi connectivity index (χ0) is 10.9. The molecule has 0 aliphatic rings. The molecule has 1 atom stereocenters. The van der Waals surface area contributed by atoms with E-state index >= 15 is 0 Å². The van der Waals surface area contributed by atoms with Crippen LogP contribution in [0.5, 0.6) is 0 Å². The first-order chi connectivity index (χ1) is 5.57. The summed E-state index contributed by atoms with van der Waals surface area (Å²) in [6.07, 6.45) is -5.14. The van der Waals surface area contributed by atoms with E-state index in [0.29, 0.717) is 0 Å². The summed E-state index contributed by atoms with van der Waals surface area (Å²) in [5, 5.41) is 0. The first-order valence-corrected chi connectivity index (χ1v) is 3.17. The molecule has 0 bridgehead atoms. The molecule has 7 heteroatoms. The van der Waals surface area contributed by atoms with Gasteiger partial charge in [-0.15, -0.1) is 0 Å². The summed E-state index contributed by atoms with van der Waals surface area (Å²) in [7, 11) is 0. The minimum absolute atomic E-state index is 0.870. The van der Waals surface area contributed by atoms with Gasteiger partial charge in [0.15, 0.2) is 5.78 Å². The van der Waals surface area contributed by atoms with Gasteiger partial charge in [-0.05, 0) is 6.92 Å². The van der Waals surface area contributed by atoms with Crippen molar-refractivity contribution in [2.75, 3.05) is 0 Å². The maximum Gasteiger partial charge on any atom is 0.491 e. The number of ketones is 1. The van der Waals surface area contributed by atoms with E-state index in [0.717, 1.165) is 13.8 Å². The van der Waals surface area contributed by atoms with Crippen molar-refractivity contribution >= 4 is 11.8 Å². The van der Waals surface area contributed by atoms with Gasteiger partial charge in [0.25, 0.3) is 0 Å². The SMILES string of the molecule is CC(=O)C(C)(N)OC(=O)C(F)(F)F. The number of hydrogen-bond donors (Lipinski definition) is 1. The standard InChI is InChI=1S/C6H8F3NO3/c1-3(11)5(2,10)13-4(12)6(7,8)9/h10H2,1-2H3. The highest BCUT2D eigenvalue weighted by Crippen LogP contribution is 2.19. The van der Waals surface area contributed by atoms with Crippen LogP contribution in [0.3, 0.4) is 0 Å². The summed E-state index contributed by atoms with van der Waals surface area (Å²) in [6.45, 7) is 1.79. The molecule has 0 aromatic heterocycles. The van der Waals surface area contributed by atoms with Gasteiger partial charge in [0.05, 0.1) is 0 Å². The Hall–Kier alpha value is -1.11. The second-order valence-electron chi connectivity index (χ2n) is 2.55. The second-order valence-corrected chi connectivity index (χ2v) is 2.55. The normalized spacial score (nSPS) is 16.2. The average molecular weight is 199 g/mol. The van der Waals surface area contributed by atoms with Gasteiger partial charge in [-0.3, -0.25) is 10.5 Å². The monoisotopic (exact) mass is 199 g/mol. The Balaban J connectivity index is 4.47. The van der Waals surface area contributed by atoms with Crippen LogP contribution in [0.4, 0.5) is 13.2 Å². The van der Waals surface area contributed by atoms with Crippen molar-refractivity contribution in [2.45, 2.75) is 25.7 Å². The molecule has 0 aliphatic heterocycles. The minimum Gasteiger partial charge on any atom is -0.430 e. The molecule has 2 N–H and O–H groups in total. The number of nitrogens with two attached hydrogens (primary N) is 1. The molecule has 0 aliphatic carbocycles. The predicted molar refractivity (Wildman–Crippen MR) is 35.4 cm³/mol. The number of rotatable bonds is 2. The molecule has 0 aromatic rings. The highest BCUT2D eigenvalue weighted by molar-refractivity contribution is 5.87. The van der Waals surface area contributed by atoms with E-state index < -0.39 is 23.7 Å². The summed E-state index contributed by atoms with van der Waals surface area (Å²) in [6, 6.07) is 0. The summed E-state index contributed by atoms with van der Waals surface area (Å²) < 4.78 is 38.5. The molecule has 0 saturated carbocycles. The Morgan fingerprint density at radius 2 is 1.69 bits per heavy atom. The van der Waals surface area contributed by atoms with Crippen LogP contribution in [0.25, 0.3) is 0 Å². The van der Waals surface area contributed by atoms with E-state index in [1.807, 2.05) is 0 Å². The number of halogens is 3. The van der Waals surface area contributed by atoms with Crippen molar-refractivity contribution in [1.82, 2.24) is 0 Å². The molecule has 0 rings (SSSR count). The van der Waals surface area contributed by atoms with Gasteiger partial charge in [-0.25, -0.2) is 4.79 Å². The summed E-state index contributed by atoms with van der Waals surface area (Å²) in [5.74, 6) is -3.35. The van der Waals surface area contributed by atoms with Crippen LogP contribution < -0.4 is 5.73 Å². The average Bonchev–Trinajstić information content (AvgIpc) is 1.83. The third kappa shape index (κ3) is 3.41. The van der Waals surface area contributed by atoms with Gasteiger partial charge in [-0.2, -0.15) is 13.2 Å². The second kappa shape index (κ2) is 3.33. The molecular formula is C6H8F3NO3. The summed E-state index contributed by atoms with van der Waals surface area (Å²) in [4.78, 5) is 20.8. The van der Waals surface area contributed by atoms with Gasteiger partial charge < -0.3 is 4.74 Å². The third-order valence-corrected chi connectivity index (χ3v) is 1.24.